The third-order valence-corrected chi connectivity index (χ3v) is 4.93. The summed E-state index contributed by atoms with van der Waals surface area (Å²) in [6.45, 7) is 0. The van der Waals surface area contributed by atoms with Crippen molar-refractivity contribution in [3.8, 4) is 22.7 Å². The molecule has 2 N–H and O–H groups in total. The van der Waals surface area contributed by atoms with Gasteiger partial charge in [-0.15, -0.1) is 0 Å². The Balaban J connectivity index is 1.51. The molecule has 5 rings (SSSR count). The van der Waals surface area contributed by atoms with E-state index in [1.165, 1.54) is 12.1 Å². The van der Waals surface area contributed by atoms with Crippen LogP contribution in [0.5, 0.6) is 0 Å². The van der Waals surface area contributed by atoms with Gasteiger partial charge in [-0.1, -0.05) is 18.2 Å². The molecule has 0 fully saturated rings. The van der Waals surface area contributed by atoms with Crippen LogP contribution in [0.2, 0.25) is 0 Å². The molecule has 0 spiro atoms. The molecule has 3 aromatic heterocycles. The van der Waals surface area contributed by atoms with E-state index in [2.05, 4.69) is 20.3 Å². The quantitative estimate of drug-likeness (QED) is 0.300. The highest BCUT2D eigenvalue weighted by atomic mass is 16.6. The van der Waals surface area contributed by atoms with Gasteiger partial charge >= 0.3 is 0 Å². The fourth-order valence-corrected chi connectivity index (χ4v) is 3.38. The second kappa shape index (κ2) is 7.80. The molecule has 0 saturated carbocycles. The Morgan fingerprint density at radius 1 is 1.06 bits per heavy atom. The summed E-state index contributed by atoms with van der Waals surface area (Å²) in [5, 5.41) is 14.4. The van der Waals surface area contributed by atoms with Crippen LogP contribution in [-0.4, -0.2) is 25.8 Å². The van der Waals surface area contributed by atoms with E-state index < -0.39 is 4.92 Å². The van der Waals surface area contributed by atoms with Gasteiger partial charge < -0.3 is 9.40 Å². The summed E-state index contributed by atoms with van der Waals surface area (Å²) in [7, 11) is 0. The zero-order valence-corrected chi connectivity index (χ0v) is 16.5. The van der Waals surface area contributed by atoms with Crippen molar-refractivity contribution in [1.29, 1.82) is 0 Å². The van der Waals surface area contributed by atoms with Gasteiger partial charge in [-0.25, -0.2) is 9.97 Å². The Morgan fingerprint density at radius 3 is 2.62 bits per heavy atom. The standard InChI is InChI=1S/C23H15N5O4/c29-22(27-23-24-13-20(26-23)21-6-3-11-32-21)17-12-19(25-18-5-2-1-4-16(17)18)14-7-9-15(10-8-14)28(30)31/h1-13H,(H2,24,26,27,29). The first-order valence-corrected chi connectivity index (χ1v) is 9.63. The van der Waals surface area contributed by atoms with Gasteiger partial charge in [0.05, 0.1) is 34.2 Å². The first kappa shape index (κ1) is 19.2. The van der Waals surface area contributed by atoms with Crippen molar-refractivity contribution >= 4 is 28.4 Å². The van der Waals surface area contributed by atoms with E-state index in [-0.39, 0.29) is 17.5 Å². The van der Waals surface area contributed by atoms with Gasteiger partial charge in [0.1, 0.15) is 5.69 Å². The van der Waals surface area contributed by atoms with Crippen molar-refractivity contribution in [1.82, 2.24) is 15.0 Å². The SMILES string of the molecule is O=C(Nc1ncc(-c2ccco2)[nH]1)c1cc(-c2ccc([N+](=O)[O-])cc2)nc2ccccc12. The lowest BCUT2D eigenvalue weighted by Crippen LogP contribution is -2.14. The van der Waals surface area contributed by atoms with Gasteiger partial charge in [-0.2, -0.15) is 0 Å². The lowest BCUT2D eigenvalue weighted by molar-refractivity contribution is -0.384. The highest BCUT2D eigenvalue weighted by Crippen LogP contribution is 2.27. The summed E-state index contributed by atoms with van der Waals surface area (Å²) in [5.41, 5.74) is 2.84. The van der Waals surface area contributed by atoms with Gasteiger partial charge in [-0.05, 0) is 36.4 Å². The Morgan fingerprint density at radius 2 is 1.88 bits per heavy atom. The molecular formula is C23H15N5O4. The van der Waals surface area contributed by atoms with Gasteiger partial charge in [0.2, 0.25) is 5.95 Å². The number of H-pyrrole nitrogens is 1. The zero-order chi connectivity index (χ0) is 22.1. The number of hydrogen-bond donors (Lipinski definition) is 2. The summed E-state index contributed by atoms with van der Waals surface area (Å²) in [6, 6.07) is 18.5. The summed E-state index contributed by atoms with van der Waals surface area (Å²) in [5.74, 6) is 0.513. The van der Waals surface area contributed by atoms with Gasteiger partial charge in [0, 0.05) is 23.1 Å². The number of pyridine rings is 1. The van der Waals surface area contributed by atoms with Crippen molar-refractivity contribution in [3.05, 3.63) is 94.9 Å². The number of carbonyl (C=O) groups is 1. The molecule has 1 amide bonds. The minimum Gasteiger partial charge on any atom is -0.463 e. The molecule has 9 heteroatoms. The molecule has 156 valence electrons. The molecule has 32 heavy (non-hydrogen) atoms. The van der Waals surface area contributed by atoms with E-state index >= 15 is 0 Å². The van der Waals surface area contributed by atoms with E-state index in [1.807, 2.05) is 24.3 Å². The van der Waals surface area contributed by atoms with Crippen LogP contribution < -0.4 is 5.32 Å². The van der Waals surface area contributed by atoms with Crippen LogP contribution >= 0.6 is 0 Å². The number of nitrogens with zero attached hydrogens (tertiary/aromatic N) is 3. The molecule has 0 atom stereocenters. The number of hydrogen-bond acceptors (Lipinski definition) is 6. The predicted molar refractivity (Wildman–Crippen MR) is 118 cm³/mol. The van der Waals surface area contributed by atoms with Crippen molar-refractivity contribution in [2.24, 2.45) is 0 Å². The third kappa shape index (κ3) is 3.58. The molecule has 0 radical (unpaired) electrons. The summed E-state index contributed by atoms with van der Waals surface area (Å²) >= 11 is 0. The maximum Gasteiger partial charge on any atom is 0.269 e. The van der Waals surface area contributed by atoms with Crippen LogP contribution in [-0.2, 0) is 0 Å². The number of carbonyl (C=O) groups excluding carboxylic acids is 1. The van der Waals surface area contributed by atoms with E-state index in [9.17, 15) is 14.9 Å². The van der Waals surface area contributed by atoms with Gasteiger partial charge in [0.25, 0.3) is 11.6 Å². The number of nitro benzene ring substituents is 1. The molecule has 0 aliphatic carbocycles. The maximum atomic E-state index is 13.1. The minimum atomic E-state index is -0.461. The summed E-state index contributed by atoms with van der Waals surface area (Å²) < 4.78 is 5.33. The number of para-hydroxylation sites is 1. The van der Waals surface area contributed by atoms with E-state index in [0.717, 1.165) is 0 Å². The van der Waals surface area contributed by atoms with Crippen LogP contribution in [0, 0.1) is 10.1 Å². The molecule has 2 aromatic carbocycles. The second-order valence-corrected chi connectivity index (χ2v) is 6.95. The van der Waals surface area contributed by atoms with Gasteiger partial charge in [0.15, 0.2) is 5.76 Å². The largest absolute Gasteiger partial charge is 0.463 e. The number of fused-ring (bicyclic) bond motifs is 1. The fourth-order valence-electron chi connectivity index (χ4n) is 3.38. The first-order valence-electron chi connectivity index (χ1n) is 9.63. The fraction of sp³-hybridized carbons (Fsp3) is 0. The number of non-ortho nitro benzene ring substituents is 1. The highest BCUT2D eigenvalue weighted by Gasteiger charge is 2.16. The monoisotopic (exact) mass is 425 g/mol. The third-order valence-electron chi connectivity index (χ3n) is 4.93. The minimum absolute atomic E-state index is 0.0160. The summed E-state index contributed by atoms with van der Waals surface area (Å²) in [6.07, 6.45) is 3.12. The van der Waals surface area contributed by atoms with Crippen LogP contribution in [0.3, 0.4) is 0 Å². The average molecular weight is 425 g/mol. The number of aromatic nitrogens is 3. The number of nitrogens with one attached hydrogen (secondary N) is 2. The molecule has 0 bridgehead atoms. The second-order valence-electron chi connectivity index (χ2n) is 6.95. The lowest BCUT2D eigenvalue weighted by atomic mass is 10.0. The molecular weight excluding hydrogens is 410 g/mol. The normalized spacial score (nSPS) is 10.9. The first-order chi connectivity index (χ1) is 15.6. The number of amides is 1. The molecule has 9 nitrogen and oxygen atoms in total. The molecule has 0 saturated heterocycles. The molecule has 5 aromatic rings. The van der Waals surface area contributed by atoms with Crippen molar-refractivity contribution in [3.63, 3.8) is 0 Å². The van der Waals surface area contributed by atoms with Crippen LogP contribution in [0.15, 0.2) is 83.6 Å². The van der Waals surface area contributed by atoms with Crippen molar-refractivity contribution < 1.29 is 14.1 Å². The number of rotatable bonds is 5. The maximum absolute atomic E-state index is 13.1. The van der Waals surface area contributed by atoms with E-state index in [4.69, 9.17) is 4.42 Å². The lowest BCUT2D eigenvalue weighted by Gasteiger charge is -2.09. The zero-order valence-electron chi connectivity index (χ0n) is 16.5. The number of anilines is 1. The molecule has 0 aliphatic heterocycles. The molecule has 0 unspecified atom stereocenters. The number of imidazole rings is 1. The highest BCUT2D eigenvalue weighted by molar-refractivity contribution is 6.12. The van der Waals surface area contributed by atoms with E-state index in [1.54, 1.807) is 42.8 Å². The number of benzene rings is 2. The Labute approximate surface area is 180 Å². The summed E-state index contributed by atoms with van der Waals surface area (Å²) in [4.78, 5) is 35.4. The van der Waals surface area contributed by atoms with Crippen molar-refractivity contribution in [2.75, 3.05) is 5.32 Å². The molecule has 0 aliphatic rings. The predicted octanol–water partition coefficient (Wildman–Crippen LogP) is 5.05. The average Bonchev–Trinajstić information content (AvgIpc) is 3.50. The Kier molecular flexibility index (Phi) is 4.68. The smallest absolute Gasteiger partial charge is 0.269 e. The molecule has 3 heterocycles. The topological polar surface area (TPSA) is 127 Å². The van der Waals surface area contributed by atoms with Crippen LogP contribution in [0.4, 0.5) is 11.6 Å². The number of furan rings is 1. The number of aromatic amines is 1. The van der Waals surface area contributed by atoms with Gasteiger partial charge in [-0.3, -0.25) is 20.2 Å². The van der Waals surface area contributed by atoms with E-state index in [0.29, 0.717) is 39.2 Å². The van der Waals surface area contributed by atoms with Crippen molar-refractivity contribution in [2.45, 2.75) is 0 Å². The van der Waals surface area contributed by atoms with Crippen LogP contribution in [0.25, 0.3) is 33.6 Å². The Bertz CT molecular complexity index is 1440. The number of nitro groups is 1. The Hall–Kier alpha value is -4.79. The van der Waals surface area contributed by atoms with Crippen LogP contribution in [0.1, 0.15) is 10.4 Å².